The van der Waals surface area contributed by atoms with Gasteiger partial charge in [-0.05, 0) is 34.2 Å². The maximum absolute atomic E-state index is 13.1. The van der Waals surface area contributed by atoms with Crippen LogP contribution in [0.1, 0.15) is 31.4 Å². The van der Waals surface area contributed by atoms with Crippen molar-refractivity contribution in [2.75, 3.05) is 0 Å². The Morgan fingerprint density at radius 1 is 0.968 bits per heavy atom. The van der Waals surface area contributed by atoms with E-state index >= 15 is 0 Å². The van der Waals surface area contributed by atoms with Crippen molar-refractivity contribution in [1.82, 2.24) is 5.32 Å². The molecule has 0 aliphatic rings. The Balaban J connectivity index is 1.77. The minimum atomic E-state index is -1.62. The first-order chi connectivity index (χ1) is 14.9. The summed E-state index contributed by atoms with van der Waals surface area (Å²) in [6.07, 6.45) is 0.104. The van der Waals surface area contributed by atoms with E-state index in [2.05, 4.69) is 5.32 Å². The Labute approximate surface area is 184 Å². The summed E-state index contributed by atoms with van der Waals surface area (Å²) in [5.41, 5.74) is 1.98. The normalized spacial score (nSPS) is 13.2. The second-order valence-corrected chi connectivity index (χ2v) is 8.29. The fourth-order valence-electron chi connectivity index (χ4n) is 3.70. The number of ether oxygens (including phenoxy) is 1. The Kier molecular flexibility index (Phi) is 8.23. The van der Waals surface area contributed by atoms with Crippen molar-refractivity contribution in [3.05, 3.63) is 83.9 Å². The van der Waals surface area contributed by atoms with Gasteiger partial charge in [-0.2, -0.15) is 0 Å². The van der Waals surface area contributed by atoms with Crippen molar-refractivity contribution in [2.45, 2.75) is 45.3 Å². The lowest BCUT2D eigenvalue weighted by molar-refractivity contribution is -0.134. The Bertz CT molecular complexity index is 972. The van der Waals surface area contributed by atoms with Gasteiger partial charge in [0.1, 0.15) is 6.10 Å². The van der Waals surface area contributed by atoms with Gasteiger partial charge in [0.25, 0.3) is 0 Å². The second kappa shape index (κ2) is 11.1. The fourth-order valence-corrected chi connectivity index (χ4v) is 3.70. The topological polar surface area (TPSA) is 78.8 Å². The molecule has 0 fully saturated rings. The van der Waals surface area contributed by atoms with Crippen LogP contribution in [-0.4, -0.2) is 35.1 Å². The predicted molar refractivity (Wildman–Crippen MR) is 124 cm³/mol. The van der Waals surface area contributed by atoms with Gasteiger partial charge in [-0.15, -0.1) is 0 Å². The molecule has 162 valence electrons. The summed E-state index contributed by atoms with van der Waals surface area (Å²) in [6.45, 7) is 4.23. The van der Waals surface area contributed by atoms with E-state index in [4.69, 9.17) is 4.74 Å². The molecule has 0 aromatic heterocycles. The molecule has 0 saturated heterocycles. The van der Waals surface area contributed by atoms with Crippen LogP contribution in [0.4, 0.5) is 0 Å². The molecule has 0 saturated carbocycles. The molecule has 0 radical (unpaired) electrons. The molecule has 3 rings (SSSR count). The number of hydrogen-bond acceptors (Lipinski definition) is 4. The largest absolute Gasteiger partial charge is 0.475 e. The van der Waals surface area contributed by atoms with Gasteiger partial charge < -0.3 is 20.1 Å². The van der Waals surface area contributed by atoms with E-state index in [9.17, 15) is 14.8 Å². The number of rotatable bonds is 10. The van der Waals surface area contributed by atoms with Crippen molar-refractivity contribution in [1.29, 1.82) is 0 Å². The molecule has 0 heterocycles. The van der Waals surface area contributed by atoms with Crippen molar-refractivity contribution >= 4 is 23.8 Å². The smallest absolute Gasteiger partial charge is 0.426 e. The van der Waals surface area contributed by atoms with Crippen LogP contribution in [-0.2, 0) is 22.6 Å². The summed E-state index contributed by atoms with van der Waals surface area (Å²) in [6, 6.07) is 23.8. The van der Waals surface area contributed by atoms with Crippen LogP contribution in [0.5, 0.6) is 0 Å². The zero-order valence-corrected chi connectivity index (χ0v) is 18.1. The van der Waals surface area contributed by atoms with E-state index in [1.807, 2.05) is 86.6 Å². The minimum absolute atomic E-state index is 0.205. The lowest BCUT2D eigenvalue weighted by Gasteiger charge is -2.24. The Morgan fingerprint density at radius 2 is 1.65 bits per heavy atom. The van der Waals surface area contributed by atoms with Gasteiger partial charge in [0.15, 0.2) is 0 Å². The highest BCUT2D eigenvalue weighted by Crippen LogP contribution is 2.20. The standard InChI is InChI=1S/C25H30BNO4/c1-18(2)15-24(26(29)30)27-25(28)23(16-19-9-4-3-5-10-19)31-17-21-13-8-12-20-11-6-7-14-22(20)21/h3-14,18,23-24,29-30H,15-17H2,1-2H3,(H,27,28)/t23-,24-/m0/s1. The van der Waals surface area contributed by atoms with E-state index in [1.54, 1.807) is 0 Å². The van der Waals surface area contributed by atoms with Gasteiger partial charge in [-0.1, -0.05) is 86.6 Å². The molecule has 1 amide bonds. The number of hydrogen-bond donors (Lipinski definition) is 3. The summed E-state index contributed by atoms with van der Waals surface area (Å²) in [4.78, 5) is 13.1. The summed E-state index contributed by atoms with van der Waals surface area (Å²) in [5.74, 6) is -0.883. The minimum Gasteiger partial charge on any atom is -0.426 e. The van der Waals surface area contributed by atoms with Crippen LogP contribution < -0.4 is 5.32 Å². The molecule has 3 aromatic rings. The molecular formula is C25H30BNO4. The van der Waals surface area contributed by atoms with Crippen molar-refractivity contribution in [3.63, 3.8) is 0 Å². The van der Waals surface area contributed by atoms with E-state index in [-0.39, 0.29) is 18.4 Å². The van der Waals surface area contributed by atoms with Crippen LogP contribution >= 0.6 is 0 Å². The van der Waals surface area contributed by atoms with Gasteiger partial charge in [0.05, 0.1) is 12.5 Å². The third kappa shape index (κ3) is 6.66. The molecule has 3 N–H and O–H groups in total. The van der Waals surface area contributed by atoms with Crippen molar-refractivity contribution in [2.24, 2.45) is 5.92 Å². The molecule has 2 atom stereocenters. The maximum Gasteiger partial charge on any atom is 0.475 e. The zero-order valence-electron chi connectivity index (χ0n) is 18.1. The van der Waals surface area contributed by atoms with Crippen LogP contribution in [0.2, 0.25) is 0 Å². The zero-order chi connectivity index (χ0) is 22.2. The van der Waals surface area contributed by atoms with Crippen LogP contribution in [0, 0.1) is 5.92 Å². The third-order valence-electron chi connectivity index (χ3n) is 5.29. The number of nitrogens with one attached hydrogen (secondary N) is 1. The summed E-state index contributed by atoms with van der Waals surface area (Å²) >= 11 is 0. The molecule has 0 spiro atoms. The van der Waals surface area contributed by atoms with E-state index in [0.717, 1.165) is 21.9 Å². The highest BCUT2D eigenvalue weighted by molar-refractivity contribution is 6.43. The predicted octanol–water partition coefficient (Wildman–Crippen LogP) is 3.51. The third-order valence-corrected chi connectivity index (χ3v) is 5.29. The van der Waals surface area contributed by atoms with Gasteiger partial charge in [-0.25, -0.2) is 0 Å². The first-order valence-corrected chi connectivity index (χ1v) is 10.7. The van der Waals surface area contributed by atoms with Gasteiger partial charge in [0, 0.05) is 6.42 Å². The van der Waals surface area contributed by atoms with E-state index < -0.39 is 19.2 Å². The van der Waals surface area contributed by atoms with Crippen LogP contribution in [0.25, 0.3) is 10.8 Å². The Morgan fingerprint density at radius 3 is 2.35 bits per heavy atom. The van der Waals surface area contributed by atoms with E-state index in [0.29, 0.717) is 12.8 Å². The van der Waals surface area contributed by atoms with Crippen LogP contribution in [0.3, 0.4) is 0 Å². The fraction of sp³-hybridized carbons (Fsp3) is 0.320. The monoisotopic (exact) mass is 419 g/mol. The molecule has 0 unspecified atom stereocenters. The summed E-state index contributed by atoms with van der Waals surface area (Å²) in [7, 11) is -1.62. The van der Waals surface area contributed by atoms with Crippen molar-refractivity contribution < 1.29 is 19.6 Å². The Hall–Kier alpha value is -2.67. The molecule has 6 heteroatoms. The average molecular weight is 419 g/mol. The van der Waals surface area contributed by atoms with Gasteiger partial charge >= 0.3 is 7.12 Å². The highest BCUT2D eigenvalue weighted by Gasteiger charge is 2.29. The SMILES string of the molecule is CC(C)C[C@H](NC(=O)[C@H](Cc1ccccc1)OCc1cccc2ccccc12)B(O)O. The van der Waals surface area contributed by atoms with Crippen molar-refractivity contribution in [3.8, 4) is 0 Å². The van der Waals surface area contributed by atoms with E-state index in [1.165, 1.54) is 0 Å². The lowest BCUT2D eigenvalue weighted by Crippen LogP contribution is -2.51. The quantitative estimate of drug-likeness (QED) is 0.440. The number of fused-ring (bicyclic) bond motifs is 1. The highest BCUT2D eigenvalue weighted by atomic mass is 16.5. The molecule has 31 heavy (non-hydrogen) atoms. The average Bonchev–Trinajstić information content (AvgIpc) is 2.76. The molecular weight excluding hydrogens is 389 g/mol. The number of carbonyl (C=O) groups is 1. The van der Waals surface area contributed by atoms with Gasteiger partial charge in [0.2, 0.25) is 5.91 Å². The van der Waals surface area contributed by atoms with Gasteiger partial charge in [-0.3, -0.25) is 4.79 Å². The second-order valence-electron chi connectivity index (χ2n) is 8.29. The molecule has 0 aliphatic heterocycles. The molecule has 5 nitrogen and oxygen atoms in total. The van der Waals surface area contributed by atoms with Crippen LogP contribution in [0.15, 0.2) is 72.8 Å². The lowest BCUT2D eigenvalue weighted by atomic mass is 9.75. The molecule has 0 bridgehead atoms. The summed E-state index contributed by atoms with van der Waals surface area (Å²) < 4.78 is 6.11. The summed E-state index contributed by atoms with van der Waals surface area (Å²) in [5, 5.41) is 24.4. The first-order valence-electron chi connectivity index (χ1n) is 10.7. The maximum atomic E-state index is 13.1. The number of benzene rings is 3. The number of carbonyl (C=O) groups excluding carboxylic acids is 1. The first kappa shape index (κ1) is 23.0. The molecule has 0 aliphatic carbocycles. The number of amides is 1. The molecule has 3 aromatic carbocycles.